The fraction of sp³-hybridized carbons (Fsp3) is 0. The van der Waals surface area contributed by atoms with E-state index in [1.165, 1.54) is 5.39 Å². The second-order valence-electron chi connectivity index (χ2n) is 4.70. The SMILES string of the molecule is Clc1ccc(-c2nnc(-c3ccc4[nH]ccc4c3)s2)cc1. The highest BCUT2D eigenvalue weighted by Gasteiger charge is 2.09. The second-order valence-corrected chi connectivity index (χ2v) is 6.11. The lowest BCUT2D eigenvalue weighted by molar-refractivity contribution is 1.10. The summed E-state index contributed by atoms with van der Waals surface area (Å²) in [6.07, 6.45) is 1.94. The Morgan fingerprint density at radius 3 is 2.38 bits per heavy atom. The molecule has 0 amide bonds. The van der Waals surface area contributed by atoms with Crippen LogP contribution in [0.1, 0.15) is 0 Å². The summed E-state index contributed by atoms with van der Waals surface area (Å²) in [7, 11) is 0. The van der Waals surface area contributed by atoms with Crippen molar-refractivity contribution in [2.45, 2.75) is 0 Å². The molecule has 0 spiro atoms. The topological polar surface area (TPSA) is 41.6 Å². The fourth-order valence-electron chi connectivity index (χ4n) is 2.24. The first-order valence-corrected chi connectivity index (χ1v) is 7.66. The van der Waals surface area contributed by atoms with Crippen molar-refractivity contribution in [3.63, 3.8) is 0 Å². The molecular weight excluding hydrogens is 302 g/mol. The van der Waals surface area contributed by atoms with Gasteiger partial charge in [-0.3, -0.25) is 0 Å². The minimum atomic E-state index is 0.724. The molecule has 0 radical (unpaired) electrons. The number of halogens is 1. The van der Waals surface area contributed by atoms with Crippen molar-refractivity contribution in [1.29, 1.82) is 0 Å². The molecule has 2 heterocycles. The van der Waals surface area contributed by atoms with E-state index in [4.69, 9.17) is 11.6 Å². The van der Waals surface area contributed by atoms with E-state index in [2.05, 4.69) is 39.4 Å². The highest BCUT2D eigenvalue weighted by atomic mass is 35.5. The predicted octanol–water partition coefficient (Wildman–Crippen LogP) is 5.01. The third-order valence-corrected chi connectivity index (χ3v) is 4.59. The van der Waals surface area contributed by atoms with Gasteiger partial charge in [0.05, 0.1) is 0 Å². The quantitative estimate of drug-likeness (QED) is 0.565. The summed E-state index contributed by atoms with van der Waals surface area (Å²) in [5, 5.41) is 12.3. The van der Waals surface area contributed by atoms with Gasteiger partial charge in [-0.15, -0.1) is 10.2 Å². The number of hydrogen-bond donors (Lipinski definition) is 1. The number of aromatic amines is 1. The average Bonchev–Trinajstić information content (AvgIpc) is 3.16. The van der Waals surface area contributed by atoms with Crippen LogP contribution >= 0.6 is 22.9 Å². The molecule has 2 aromatic carbocycles. The molecule has 1 N–H and O–H groups in total. The molecule has 2 aromatic heterocycles. The lowest BCUT2D eigenvalue weighted by Gasteiger charge is -1.96. The molecule has 0 aliphatic heterocycles. The van der Waals surface area contributed by atoms with Crippen LogP contribution < -0.4 is 0 Å². The molecule has 0 atom stereocenters. The minimum Gasteiger partial charge on any atom is -0.361 e. The standard InChI is InChI=1S/C16H10ClN3S/c17-13-4-1-10(2-5-13)15-19-20-16(21-15)12-3-6-14-11(9-12)7-8-18-14/h1-9,18H. The smallest absolute Gasteiger partial charge is 0.148 e. The van der Waals surface area contributed by atoms with Crippen LogP contribution in [0.4, 0.5) is 0 Å². The predicted molar refractivity (Wildman–Crippen MR) is 87.6 cm³/mol. The monoisotopic (exact) mass is 311 g/mol. The van der Waals surface area contributed by atoms with Gasteiger partial charge in [0.25, 0.3) is 0 Å². The molecule has 0 aliphatic carbocycles. The zero-order valence-electron chi connectivity index (χ0n) is 10.9. The summed E-state index contributed by atoms with van der Waals surface area (Å²) in [5.74, 6) is 0. The van der Waals surface area contributed by atoms with Crippen LogP contribution in [0.5, 0.6) is 0 Å². The van der Waals surface area contributed by atoms with Crippen LogP contribution in [-0.2, 0) is 0 Å². The Balaban J connectivity index is 1.74. The van der Waals surface area contributed by atoms with Gasteiger partial charge in [0, 0.05) is 33.2 Å². The summed E-state index contributed by atoms with van der Waals surface area (Å²) in [6, 6.07) is 16.0. The van der Waals surface area contributed by atoms with Gasteiger partial charge in [-0.05, 0) is 36.4 Å². The number of rotatable bonds is 2. The van der Waals surface area contributed by atoms with Gasteiger partial charge in [0.2, 0.25) is 0 Å². The zero-order chi connectivity index (χ0) is 14.2. The molecule has 0 fully saturated rings. The molecule has 4 rings (SSSR count). The summed E-state index contributed by atoms with van der Waals surface area (Å²) in [5.41, 5.74) is 3.24. The van der Waals surface area contributed by atoms with E-state index in [0.717, 1.165) is 31.7 Å². The maximum absolute atomic E-state index is 5.91. The van der Waals surface area contributed by atoms with Crippen LogP contribution in [0.25, 0.3) is 32.0 Å². The first-order chi connectivity index (χ1) is 10.3. The molecule has 102 valence electrons. The average molecular weight is 312 g/mol. The lowest BCUT2D eigenvalue weighted by atomic mass is 10.2. The van der Waals surface area contributed by atoms with Gasteiger partial charge in [-0.2, -0.15) is 0 Å². The van der Waals surface area contributed by atoms with Crippen molar-refractivity contribution < 1.29 is 0 Å². The van der Waals surface area contributed by atoms with Gasteiger partial charge >= 0.3 is 0 Å². The van der Waals surface area contributed by atoms with Crippen molar-refractivity contribution in [3.8, 4) is 21.1 Å². The summed E-state index contributed by atoms with van der Waals surface area (Å²) in [6.45, 7) is 0. The number of nitrogens with zero attached hydrogens (tertiary/aromatic N) is 2. The molecule has 0 unspecified atom stereocenters. The van der Waals surface area contributed by atoms with Gasteiger partial charge in [0.15, 0.2) is 0 Å². The van der Waals surface area contributed by atoms with E-state index in [9.17, 15) is 0 Å². The third-order valence-electron chi connectivity index (χ3n) is 3.32. The Morgan fingerprint density at radius 2 is 1.57 bits per heavy atom. The molecular formula is C16H10ClN3S. The van der Waals surface area contributed by atoms with E-state index >= 15 is 0 Å². The Hall–Kier alpha value is -2.17. The number of nitrogens with one attached hydrogen (secondary N) is 1. The van der Waals surface area contributed by atoms with Crippen molar-refractivity contribution in [2.24, 2.45) is 0 Å². The van der Waals surface area contributed by atoms with Crippen molar-refractivity contribution >= 4 is 33.8 Å². The van der Waals surface area contributed by atoms with Crippen LogP contribution in [0.2, 0.25) is 5.02 Å². The fourth-order valence-corrected chi connectivity index (χ4v) is 3.21. The van der Waals surface area contributed by atoms with E-state index in [1.54, 1.807) is 11.3 Å². The van der Waals surface area contributed by atoms with Crippen LogP contribution in [0.15, 0.2) is 54.7 Å². The Kier molecular flexibility index (Phi) is 2.98. The number of benzene rings is 2. The summed E-state index contributed by atoms with van der Waals surface area (Å²) < 4.78 is 0. The van der Waals surface area contributed by atoms with E-state index < -0.39 is 0 Å². The molecule has 4 aromatic rings. The molecule has 21 heavy (non-hydrogen) atoms. The number of H-pyrrole nitrogens is 1. The zero-order valence-corrected chi connectivity index (χ0v) is 12.4. The van der Waals surface area contributed by atoms with E-state index in [0.29, 0.717) is 0 Å². The van der Waals surface area contributed by atoms with Crippen LogP contribution in [-0.4, -0.2) is 15.2 Å². The lowest BCUT2D eigenvalue weighted by Crippen LogP contribution is -1.77. The summed E-state index contributed by atoms with van der Waals surface area (Å²) in [4.78, 5) is 3.19. The normalized spacial score (nSPS) is 11.1. The highest BCUT2D eigenvalue weighted by molar-refractivity contribution is 7.17. The highest BCUT2D eigenvalue weighted by Crippen LogP contribution is 2.31. The van der Waals surface area contributed by atoms with Crippen molar-refractivity contribution in [2.75, 3.05) is 0 Å². The van der Waals surface area contributed by atoms with Crippen molar-refractivity contribution in [3.05, 3.63) is 59.8 Å². The van der Waals surface area contributed by atoms with Crippen molar-refractivity contribution in [1.82, 2.24) is 15.2 Å². The van der Waals surface area contributed by atoms with Gasteiger partial charge in [-0.25, -0.2) is 0 Å². The molecule has 0 aliphatic rings. The van der Waals surface area contributed by atoms with E-state index in [1.807, 2.05) is 30.5 Å². The molecule has 0 saturated heterocycles. The van der Waals surface area contributed by atoms with Gasteiger partial charge in [-0.1, -0.05) is 35.1 Å². The first kappa shape index (κ1) is 12.6. The molecule has 0 saturated carbocycles. The largest absolute Gasteiger partial charge is 0.361 e. The van der Waals surface area contributed by atoms with Gasteiger partial charge in [0.1, 0.15) is 10.0 Å². The third kappa shape index (κ3) is 2.33. The Bertz CT molecular complexity index is 909. The number of aromatic nitrogens is 3. The molecule has 3 nitrogen and oxygen atoms in total. The Labute approximate surface area is 130 Å². The Morgan fingerprint density at radius 1 is 0.857 bits per heavy atom. The minimum absolute atomic E-state index is 0.724. The van der Waals surface area contributed by atoms with Crippen LogP contribution in [0, 0.1) is 0 Å². The maximum Gasteiger partial charge on any atom is 0.148 e. The summed E-state index contributed by atoms with van der Waals surface area (Å²) >= 11 is 7.49. The van der Waals surface area contributed by atoms with Gasteiger partial charge < -0.3 is 4.98 Å². The second kappa shape index (κ2) is 4.98. The molecule has 0 bridgehead atoms. The number of hydrogen-bond acceptors (Lipinski definition) is 3. The number of fused-ring (bicyclic) bond motifs is 1. The maximum atomic E-state index is 5.91. The van der Waals surface area contributed by atoms with Crippen LogP contribution in [0.3, 0.4) is 0 Å². The first-order valence-electron chi connectivity index (χ1n) is 6.46. The molecule has 5 heteroatoms. The van der Waals surface area contributed by atoms with E-state index in [-0.39, 0.29) is 0 Å².